The van der Waals surface area contributed by atoms with Crippen LogP contribution >= 0.6 is 0 Å². The number of aliphatic carboxylic acids is 1. The highest BCUT2D eigenvalue weighted by Crippen LogP contribution is 2.58. The summed E-state index contributed by atoms with van der Waals surface area (Å²) in [5.74, 6) is 2.25. The van der Waals surface area contributed by atoms with Gasteiger partial charge in [-0.2, -0.15) is 5.10 Å². The van der Waals surface area contributed by atoms with E-state index in [1.807, 2.05) is 6.20 Å². The quantitative estimate of drug-likeness (QED) is 0.921. The minimum Gasteiger partial charge on any atom is -0.481 e. The van der Waals surface area contributed by atoms with Gasteiger partial charge in [0, 0.05) is 11.8 Å². The maximum Gasteiger partial charge on any atom is 0.310 e. The molecular formula is C16H22N2O2. The van der Waals surface area contributed by atoms with Crippen molar-refractivity contribution in [3.05, 3.63) is 18.0 Å². The lowest BCUT2D eigenvalue weighted by Crippen LogP contribution is -2.46. The Morgan fingerprint density at radius 1 is 1.25 bits per heavy atom. The Kier molecular flexibility index (Phi) is 2.69. The van der Waals surface area contributed by atoms with Crippen molar-refractivity contribution in [3.63, 3.8) is 0 Å². The molecule has 0 spiro atoms. The van der Waals surface area contributed by atoms with Crippen LogP contribution < -0.4 is 0 Å². The van der Waals surface area contributed by atoms with Gasteiger partial charge in [-0.25, -0.2) is 0 Å². The van der Waals surface area contributed by atoms with E-state index >= 15 is 0 Å². The Morgan fingerprint density at radius 2 is 1.85 bits per heavy atom. The third-order valence-corrected chi connectivity index (χ3v) is 5.97. The highest BCUT2D eigenvalue weighted by atomic mass is 16.4. The van der Waals surface area contributed by atoms with Crippen LogP contribution in [-0.4, -0.2) is 20.9 Å². The first kappa shape index (κ1) is 12.4. The highest BCUT2D eigenvalue weighted by Gasteiger charge is 2.49. The van der Waals surface area contributed by atoms with E-state index < -0.39 is 11.9 Å². The molecule has 0 aliphatic heterocycles. The molecule has 0 amide bonds. The summed E-state index contributed by atoms with van der Waals surface area (Å²) in [7, 11) is 0. The van der Waals surface area contributed by atoms with Crippen LogP contribution in [0.3, 0.4) is 0 Å². The molecule has 108 valence electrons. The van der Waals surface area contributed by atoms with Gasteiger partial charge in [-0.3, -0.25) is 9.48 Å². The van der Waals surface area contributed by atoms with Crippen molar-refractivity contribution < 1.29 is 9.90 Å². The maximum atomic E-state index is 11.1. The van der Waals surface area contributed by atoms with Crippen LogP contribution in [0.25, 0.3) is 0 Å². The fraction of sp³-hybridized carbons (Fsp3) is 0.750. The number of hydrogen-bond acceptors (Lipinski definition) is 2. The van der Waals surface area contributed by atoms with Crippen molar-refractivity contribution in [3.8, 4) is 0 Å². The first-order valence-electron chi connectivity index (χ1n) is 7.88. The maximum absolute atomic E-state index is 11.1. The molecule has 20 heavy (non-hydrogen) atoms. The summed E-state index contributed by atoms with van der Waals surface area (Å²) < 4.78 is 2.10. The van der Waals surface area contributed by atoms with E-state index in [2.05, 4.69) is 9.78 Å². The Hall–Kier alpha value is -1.32. The van der Waals surface area contributed by atoms with Gasteiger partial charge in [-0.15, -0.1) is 0 Å². The van der Waals surface area contributed by atoms with Crippen LogP contribution in [-0.2, 0) is 4.79 Å². The van der Waals surface area contributed by atoms with Gasteiger partial charge in [0.05, 0.1) is 18.2 Å². The third kappa shape index (κ3) is 1.80. The lowest BCUT2D eigenvalue weighted by atomic mass is 9.54. The molecule has 4 fully saturated rings. The van der Waals surface area contributed by atoms with E-state index in [-0.39, 0.29) is 0 Å². The topological polar surface area (TPSA) is 55.1 Å². The van der Waals surface area contributed by atoms with Gasteiger partial charge in [0.25, 0.3) is 0 Å². The number of aromatic nitrogens is 2. The lowest BCUT2D eigenvalue weighted by molar-refractivity contribution is -0.138. The predicted molar refractivity (Wildman–Crippen MR) is 74.4 cm³/mol. The number of hydrogen-bond donors (Lipinski definition) is 1. The van der Waals surface area contributed by atoms with Gasteiger partial charge >= 0.3 is 5.97 Å². The van der Waals surface area contributed by atoms with Crippen molar-refractivity contribution in [2.75, 3.05) is 0 Å². The molecule has 4 heteroatoms. The summed E-state index contributed by atoms with van der Waals surface area (Å²) in [6.07, 6.45) is 10.7. The van der Waals surface area contributed by atoms with Crippen LogP contribution in [0.5, 0.6) is 0 Å². The van der Waals surface area contributed by atoms with Crippen molar-refractivity contribution in [1.29, 1.82) is 0 Å². The summed E-state index contributed by atoms with van der Waals surface area (Å²) >= 11 is 0. The molecular weight excluding hydrogens is 252 g/mol. The molecule has 1 heterocycles. The van der Waals surface area contributed by atoms with E-state index in [1.54, 1.807) is 13.1 Å². The molecule has 4 saturated carbocycles. The molecule has 1 unspecified atom stereocenters. The molecule has 0 aromatic carbocycles. The van der Waals surface area contributed by atoms with Crippen molar-refractivity contribution in [1.82, 2.24) is 9.78 Å². The number of carboxylic acid groups (broad SMARTS) is 1. The molecule has 0 radical (unpaired) electrons. The molecule has 4 aliphatic rings. The normalized spacial score (nSPS) is 40.0. The average Bonchev–Trinajstić information content (AvgIpc) is 2.85. The summed E-state index contributed by atoms with van der Waals surface area (Å²) in [5, 5.41) is 13.6. The Labute approximate surface area is 119 Å². The number of carboxylic acids is 1. The average molecular weight is 274 g/mol. The zero-order chi connectivity index (χ0) is 13.9. The molecule has 1 aromatic rings. The van der Waals surface area contributed by atoms with Gasteiger partial charge in [-0.05, 0) is 62.7 Å². The number of rotatable bonds is 3. The summed E-state index contributed by atoms with van der Waals surface area (Å²) in [6, 6.07) is 0.526. The zero-order valence-electron chi connectivity index (χ0n) is 11.9. The van der Waals surface area contributed by atoms with Crippen molar-refractivity contribution >= 4 is 5.97 Å². The number of carbonyl (C=O) groups is 1. The second kappa shape index (κ2) is 4.34. The van der Waals surface area contributed by atoms with E-state index in [1.165, 1.54) is 32.1 Å². The van der Waals surface area contributed by atoms with Gasteiger partial charge in [0.2, 0.25) is 0 Å². The molecule has 4 bridgehead atoms. The Balaban J connectivity index is 1.60. The fourth-order valence-corrected chi connectivity index (χ4v) is 5.21. The van der Waals surface area contributed by atoms with Crippen LogP contribution in [0.1, 0.15) is 56.6 Å². The second-order valence-electron chi connectivity index (χ2n) is 7.23. The first-order valence-corrected chi connectivity index (χ1v) is 7.88. The molecule has 5 rings (SSSR count). The molecule has 1 aromatic heterocycles. The highest BCUT2D eigenvalue weighted by molar-refractivity contribution is 5.75. The molecule has 4 nitrogen and oxygen atoms in total. The van der Waals surface area contributed by atoms with Gasteiger partial charge in [0.15, 0.2) is 0 Å². The van der Waals surface area contributed by atoms with Gasteiger partial charge in [0.1, 0.15) is 0 Å². The van der Waals surface area contributed by atoms with E-state index in [0.29, 0.717) is 6.04 Å². The minimum absolute atomic E-state index is 0.458. The van der Waals surface area contributed by atoms with E-state index in [0.717, 1.165) is 29.2 Å². The fourth-order valence-electron chi connectivity index (χ4n) is 5.21. The SMILES string of the molecule is CC(C(=O)O)c1cnn(C2C3CC4CC(C3)CC2C4)c1. The molecule has 4 aliphatic carbocycles. The molecule has 1 atom stereocenters. The molecule has 1 N–H and O–H groups in total. The Bertz CT molecular complexity index is 508. The van der Waals surface area contributed by atoms with Gasteiger partial charge in [-0.1, -0.05) is 0 Å². The zero-order valence-corrected chi connectivity index (χ0v) is 11.9. The van der Waals surface area contributed by atoms with Crippen LogP contribution in [0, 0.1) is 23.7 Å². The summed E-state index contributed by atoms with van der Waals surface area (Å²) in [6.45, 7) is 1.74. The van der Waals surface area contributed by atoms with Crippen LogP contribution in [0.2, 0.25) is 0 Å². The predicted octanol–water partition coefficient (Wildman–Crippen LogP) is 3.07. The smallest absolute Gasteiger partial charge is 0.310 e. The first-order chi connectivity index (χ1) is 9.61. The lowest BCUT2D eigenvalue weighted by Gasteiger charge is -2.54. The summed E-state index contributed by atoms with van der Waals surface area (Å²) in [4.78, 5) is 11.1. The second-order valence-corrected chi connectivity index (χ2v) is 7.23. The van der Waals surface area contributed by atoms with E-state index in [9.17, 15) is 4.79 Å². The van der Waals surface area contributed by atoms with Crippen LogP contribution in [0.4, 0.5) is 0 Å². The monoisotopic (exact) mass is 274 g/mol. The number of nitrogens with zero attached hydrogens (tertiary/aromatic N) is 2. The third-order valence-electron chi connectivity index (χ3n) is 5.97. The van der Waals surface area contributed by atoms with Crippen LogP contribution in [0.15, 0.2) is 12.4 Å². The Morgan fingerprint density at radius 3 is 2.40 bits per heavy atom. The van der Waals surface area contributed by atoms with Crippen molar-refractivity contribution in [2.45, 2.75) is 51.0 Å². The van der Waals surface area contributed by atoms with Gasteiger partial charge < -0.3 is 5.11 Å². The summed E-state index contributed by atoms with van der Waals surface area (Å²) in [5.41, 5.74) is 0.839. The standard InChI is InChI=1S/C16H22N2O2/c1-9(16(19)20)14-7-17-18(8-14)15-12-3-10-2-11(5-12)6-13(15)4-10/h7-13,15H,2-6H2,1H3,(H,19,20). The minimum atomic E-state index is -0.769. The van der Waals surface area contributed by atoms with Crippen molar-refractivity contribution in [2.24, 2.45) is 23.7 Å². The van der Waals surface area contributed by atoms with E-state index in [4.69, 9.17) is 5.11 Å². The molecule has 0 saturated heterocycles. The largest absolute Gasteiger partial charge is 0.481 e.